The lowest BCUT2D eigenvalue weighted by Crippen LogP contribution is -2.50. The maximum absolute atomic E-state index is 10.5. The van der Waals surface area contributed by atoms with Gasteiger partial charge in [-0.2, -0.15) is 0 Å². The third kappa shape index (κ3) is 1.36. The Balaban J connectivity index is 4.54. The minimum Gasteiger partial charge on any atom is -0.480 e. The molecule has 0 saturated heterocycles. The molecule has 0 spiro atoms. The highest BCUT2D eigenvalue weighted by molar-refractivity contribution is 5.81. The van der Waals surface area contributed by atoms with Crippen molar-refractivity contribution in [2.45, 2.75) is 19.4 Å². The molecule has 0 amide bonds. The SMILES string of the molecule is C=C[C@@](N)(C(=O)O)C(C)C. The van der Waals surface area contributed by atoms with Gasteiger partial charge in [0, 0.05) is 0 Å². The molecule has 0 fully saturated rings. The Bertz CT molecular complexity index is 154. The average Bonchev–Trinajstić information content (AvgIpc) is 1.85. The summed E-state index contributed by atoms with van der Waals surface area (Å²) >= 11 is 0. The van der Waals surface area contributed by atoms with Gasteiger partial charge in [-0.1, -0.05) is 19.9 Å². The zero-order chi connectivity index (χ0) is 8.36. The summed E-state index contributed by atoms with van der Waals surface area (Å²) in [7, 11) is 0. The first kappa shape index (κ1) is 9.17. The van der Waals surface area contributed by atoms with Crippen LogP contribution in [0.25, 0.3) is 0 Å². The number of carbonyl (C=O) groups is 1. The summed E-state index contributed by atoms with van der Waals surface area (Å²) < 4.78 is 0. The van der Waals surface area contributed by atoms with E-state index in [0.717, 1.165) is 0 Å². The quantitative estimate of drug-likeness (QED) is 0.569. The second-order valence-electron chi connectivity index (χ2n) is 2.60. The fraction of sp³-hybridized carbons (Fsp3) is 0.571. The van der Waals surface area contributed by atoms with Crippen molar-refractivity contribution in [2.24, 2.45) is 11.7 Å². The maximum Gasteiger partial charge on any atom is 0.327 e. The van der Waals surface area contributed by atoms with Crippen LogP contribution < -0.4 is 5.73 Å². The highest BCUT2D eigenvalue weighted by atomic mass is 16.4. The first-order chi connectivity index (χ1) is 4.45. The van der Waals surface area contributed by atoms with Gasteiger partial charge in [0.2, 0.25) is 0 Å². The Hall–Kier alpha value is -0.830. The molecule has 1 atom stereocenters. The van der Waals surface area contributed by atoms with Gasteiger partial charge in [-0.05, 0) is 5.92 Å². The van der Waals surface area contributed by atoms with Crippen LogP contribution in [0.3, 0.4) is 0 Å². The second kappa shape index (κ2) is 2.84. The molecule has 58 valence electrons. The molecular formula is C7H13NO2. The van der Waals surface area contributed by atoms with E-state index in [1.54, 1.807) is 13.8 Å². The fourth-order valence-corrected chi connectivity index (χ4v) is 0.570. The van der Waals surface area contributed by atoms with Gasteiger partial charge >= 0.3 is 5.97 Å². The standard InChI is InChI=1S/C7H13NO2/c1-4-7(8,5(2)3)6(9)10/h4-5H,1,8H2,2-3H3,(H,9,10)/t7-/m0/s1. The van der Waals surface area contributed by atoms with Crippen molar-refractivity contribution in [3.05, 3.63) is 12.7 Å². The van der Waals surface area contributed by atoms with Gasteiger partial charge in [-0.3, -0.25) is 0 Å². The van der Waals surface area contributed by atoms with E-state index >= 15 is 0 Å². The van der Waals surface area contributed by atoms with Gasteiger partial charge in [0.05, 0.1) is 0 Å². The molecule has 3 N–H and O–H groups in total. The molecule has 0 saturated carbocycles. The smallest absolute Gasteiger partial charge is 0.327 e. The molecule has 0 unspecified atom stereocenters. The number of hydrogen-bond acceptors (Lipinski definition) is 2. The first-order valence-electron chi connectivity index (χ1n) is 3.11. The number of aliphatic carboxylic acids is 1. The number of carboxylic acids is 1. The Labute approximate surface area is 60.5 Å². The molecule has 0 aliphatic rings. The largest absolute Gasteiger partial charge is 0.480 e. The van der Waals surface area contributed by atoms with Crippen molar-refractivity contribution in [1.29, 1.82) is 0 Å². The third-order valence-corrected chi connectivity index (χ3v) is 1.66. The van der Waals surface area contributed by atoms with E-state index in [1.807, 2.05) is 0 Å². The van der Waals surface area contributed by atoms with Gasteiger partial charge in [0.25, 0.3) is 0 Å². The average molecular weight is 143 g/mol. The predicted octanol–water partition coefficient (Wildman–Crippen LogP) is 0.610. The lowest BCUT2D eigenvalue weighted by atomic mass is 9.88. The molecule has 0 aliphatic carbocycles. The van der Waals surface area contributed by atoms with Crippen molar-refractivity contribution >= 4 is 5.97 Å². The van der Waals surface area contributed by atoms with Crippen LogP contribution in [0.4, 0.5) is 0 Å². The van der Waals surface area contributed by atoms with E-state index in [-0.39, 0.29) is 5.92 Å². The molecule has 0 rings (SSSR count). The Morgan fingerprint density at radius 3 is 2.20 bits per heavy atom. The van der Waals surface area contributed by atoms with Crippen LogP contribution in [0.5, 0.6) is 0 Å². The zero-order valence-corrected chi connectivity index (χ0v) is 6.29. The van der Waals surface area contributed by atoms with Gasteiger partial charge in [-0.15, -0.1) is 6.58 Å². The summed E-state index contributed by atoms with van der Waals surface area (Å²) in [6.45, 7) is 6.86. The summed E-state index contributed by atoms with van der Waals surface area (Å²) in [5.74, 6) is -1.17. The van der Waals surface area contributed by atoms with Gasteiger partial charge in [0.15, 0.2) is 0 Å². The predicted molar refractivity (Wildman–Crippen MR) is 39.6 cm³/mol. The van der Waals surface area contributed by atoms with Gasteiger partial charge in [0.1, 0.15) is 5.54 Å². The van der Waals surface area contributed by atoms with E-state index in [1.165, 1.54) is 6.08 Å². The van der Waals surface area contributed by atoms with Crippen molar-refractivity contribution in [3.8, 4) is 0 Å². The zero-order valence-electron chi connectivity index (χ0n) is 6.29. The molecule has 3 heteroatoms. The Morgan fingerprint density at radius 2 is 2.20 bits per heavy atom. The van der Waals surface area contributed by atoms with Crippen LogP contribution in [-0.4, -0.2) is 16.6 Å². The van der Waals surface area contributed by atoms with Crippen molar-refractivity contribution in [3.63, 3.8) is 0 Å². The molecule has 0 aromatic rings. The lowest BCUT2D eigenvalue weighted by molar-refractivity contribution is -0.142. The summed E-state index contributed by atoms with van der Waals surface area (Å²) in [6, 6.07) is 0. The van der Waals surface area contributed by atoms with Crippen molar-refractivity contribution in [1.82, 2.24) is 0 Å². The maximum atomic E-state index is 10.5. The second-order valence-corrected chi connectivity index (χ2v) is 2.60. The number of hydrogen-bond donors (Lipinski definition) is 2. The number of carboxylic acid groups (broad SMARTS) is 1. The minimum atomic E-state index is -1.28. The minimum absolute atomic E-state index is 0.137. The summed E-state index contributed by atoms with van der Waals surface area (Å²) in [5, 5.41) is 8.61. The van der Waals surface area contributed by atoms with Crippen molar-refractivity contribution in [2.75, 3.05) is 0 Å². The van der Waals surface area contributed by atoms with Crippen LogP contribution in [0.1, 0.15) is 13.8 Å². The Morgan fingerprint density at radius 1 is 1.80 bits per heavy atom. The van der Waals surface area contributed by atoms with Gasteiger partial charge in [-0.25, -0.2) is 4.79 Å². The lowest BCUT2D eigenvalue weighted by Gasteiger charge is -2.24. The molecule has 0 radical (unpaired) electrons. The van der Waals surface area contributed by atoms with Crippen LogP contribution in [0, 0.1) is 5.92 Å². The Kier molecular flexibility index (Phi) is 2.60. The normalized spacial score (nSPS) is 16.4. The highest BCUT2D eigenvalue weighted by Crippen LogP contribution is 2.14. The number of rotatable bonds is 3. The van der Waals surface area contributed by atoms with E-state index < -0.39 is 11.5 Å². The van der Waals surface area contributed by atoms with Crippen LogP contribution >= 0.6 is 0 Å². The van der Waals surface area contributed by atoms with E-state index in [0.29, 0.717) is 0 Å². The highest BCUT2D eigenvalue weighted by Gasteiger charge is 2.33. The van der Waals surface area contributed by atoms with Crippen molar-refractivity contribution < 1.29 is 9.90 Å². The molecule has 10 heavy (non-hydrogen) atoms. The molecule has 0 aliphatic heterocycles. The third-order valence-electron chi connectivity index (χ3n) is 1.66. The topological polar surface area (TPSA) is 63.3 Å². The van der Waals surface area contributed by atoms with Gasteiger partial charge < -0.3 is 10.8 Å². The van der Waals surface area contributed by atoms with Crippen LogP contribution in [-0.2, 0) is 4.79 Å². The van der Waals surface area contributed by atoms with Crippen LogP contribution in [0.15, 0.2) is 12.7 Å². The van der Waals surface area contributed by atoms with E-state index in [2.05, 4.69) is 6.58 Å². The molecular weight excluding hydrogens is 130 g/mol. The number of nitrogens with two attached hydrogens (primary N) is 1. The molecule has 0 aromatic heterocycles. The summed E-state index contributed by atoms with van der Waals surface area (Å²) in [4.78, 5) is 10.5. The molecule has 3 nitrogen and oxygen atoms in total. The molecule has 0 heterocycles. The van der Waals surface area contributed by atoms with Crippen LogP contribution in [0.2, 0.25) is 0 Å². The molecule has 0 aromatic carbocycles. The summed E-state index contributed by atoms with van der Waals surface area (Å²) in [5.41, 5.74) is 4.19. The summed E-state index contributed by atoms with van der Waals surface area (Å²) in [6.07, 6.45) is 1.26. The fourth-order valence-electron chi connectivity index (χ4n) is 0.570. The van der Waals surface area contributed by atoms with E-state index in [4.69, 9.17) is 10.8 Å². The van der Waals surface area contributed by atoms with E-state index in [9.17, 15) is 4.79 Å². The first-order valence-corrected chi connectivity index (χ1v) is 3.11. The monoisotopic (exact) mass is 143 g/mol. The molecule has 0 bridgehead atoms.